The number of rotatable bonds is 5. The summed E-state index contributed by atoms with van der Waals surface area (Å²) in [7, 11) is -7.11. The van der Waals surface area contributed by atoms with Gasteiger partial charge >= 0.3 is 0 Å². The molecule has 1 aliphatic rings. The fraction of sp³-hybridized carbons (Fsp3) is 0.217. The number of hydrogen-bond acceptors (Lipinski definition) is 4. The number of piperidine rings is 1. The van der Waals surface area contributed by atoms with Gasteiger partial charge in [0.25, 0.3) is 0 Å². The summed E-state index contributed by atoms with van der Waals surface area (Å²) in [5, 5.41) is 0.472. The number of benzene rings is 3. The second-order valence-electron chi connectivity index (χ2n) is 7.47. The molecule has 1 aliphatic heterocycles. The van der Waals surface area contributed by atoms with Crippen molar-refractivity contribution in [1.29, 1.82) is 0 Å². The first-order chi connectivity index (χ1) is 14.8. The van der Waals surface area contributed by atoms with E-state index in [1.54, 1.807) is 65.0 Å². The standard InChI is InChI=1S/C23H22ClNO4S2/c24-20-8-14-22(15-9-20)30(26,27)21-10-4-18(5-11-21)19-6-12-23(13-7-19)31(28,29)25-16-2-1-3-17-25/h4-15H,1-3,16-17H2. The molecule has 1 heterocycles. The summed E-state index contributed by atoms with van der Waals surface area (Å²) < 4.78 is 52.7. The Morgan fingerprint density at radius 3 is 1.48 bits per heavy atom. The zero-order valence-electron chi connectivity index (χ0n) is 16.7. The van der Waals surface area contributed by atoms with E-state index in [1.807, 2.05) is 0 Å². The Morgan fingerprint density at radius 2 is 1.00 bits per heavy atom. The van der Waals surface area contributed by atoms with Crippen LogP contribution >= 0.6 is 11.6 Å². The van der Waals surface area contributed by atoms with Crippen molar-refractivity contribution < 1.29 is 16.8 Å². The zero-order valence-corrected chi connectivity index (χ0v) is 19.1. The molecule has 162 valence electrons. The minimum Gasteiger partial charge on any atom is -0.219 e. The maximum absolute atomic E-state index is 12.8. The van der Waals surface area contributed by atoms with Crippen LogP contribution in [0.2, 0.25) is 5.02 Å². The largest absolute Gasteiger partial charge is 0.243 e. The fourth-order valence-corrected chi connectivity index (χ4v) is 6.55. The van der Waals surface area contributed by atoms with Crippen molar-refractivity contribution in [2.75, 3.05) is 13.1 Å². The van der Waals surface area contributed by atoms with E-state index < -0.39 is 19.9 Å². The van der Waals surface area contributed by atoms with Crippen LogP contribution < -0.4 is 0 Å². The first-order valence-corrected chi connectivity index (χ1v) is 13.3. The molecule has 0 spiro atoms. The van der Waals surface area contributed by atoms with E-state index in [4.69, 9.17) is 11.6 Å². The first kappa shape index (κ1) is 22.0. The van der Waals surface area contributed by atoms with Crippen molar-refractivity contribution in [3.63, 3.8) is 0 Å². The van der Waals surface area contributed by atoms with Crippen molar-refractivity contribution in [1.82, 2.24) is 4.31 Å². The Morgan fingerprint density at radius 1 is 0.581 bits per heavy atom. The average molecular weight is 476 g/mol. The molecule has 5 nitrogen and oxygen atoms in total. The predicted molar refractivity (Wildman–Crippen MR) is 121 cm³/mol. The highest BCUT2D eigenvalue weighted by Gasteiger charge is 2.25. The predicted octanol–water partition coefficient (Wildman–Crippen LogP) is 5.01. The molecule has 0 saturated carbocycles. The zero-order chi connectivity index (χ0) is 22.1. The molecule has 1 saturated heterocycles. The molecule has 0 radical (unpaired) electrons. The molecule has 31 heavy (non-hydrogen) atoms. The van der Waals surface area contributed by atoms with Crippen molar-refractivity contribution >= 4 is 31.5 Å². The Balaban J connectivity index is 1.56. The molecule has 1 fully saturated rings. The molecule has 0 unspecified atom stereocenters. The van der Waals surface area contributed by atoms with E-state index in [0.29, 0.717) is 18.1 Å². The number of hydrogen-bond donors (Lipinski definition) is 0. The van der Waals surface area contributed by atoms with E-state index in [-0.39, 0.29) is 14.7 Å². The van der Waals surface area contributed by atoms with Crippen LogP contribution in [0.5, 0.6) is 0 Å². The summed E-state index contributed by atoms with van der Waals surface area (Å²) >= 11 is 5.84. The van der Waals surface area contributed by atoms with Crippen molar-refractivity contribution in [2.24, 2.45) is 0 Å². The Hall–Kier alpha value is -2.19. The van der Waals surface area contributed by atoms with Gasteiger partial charge in [0.15, 0.2) is 0 Å². The second kappa shape index (κ2) is 8.74. The van der Waals surface area contributed by atoms with Crippen LogP contribution in [-0.2, 0) is 19.9 Å². The molecule has 8 heteroatoms. The molecule has 3 aromatic carbocycles. The summed E-state index contributed by atoms with van der Waals surface area (Å²) in [6.07, 6.45) is 2.85. The lowest BCUT2D eigenvalue weighted by Gasteiger charge is -2.25. The van der Waals surface area contributed by atoms with Crippen molar-refractivity contribution in [3.05, 3.63) is 77.8 Å². The lowest BCUT2D eigenvalue weighted by Crippen LogP contribution is -2.35. The second-order valence-corrected chi connectivity index (χ2v) is 11.8. The van der Waals surface area contributed by atoms with E-state index in [2.05, 4.69) is 0 Å². The van der Waals surface area contributed by atoms with Gasteiger partial charge in [0.2, 0.25) is 19.9 Å². The van der Waals surface area contributed by atoms with Crippen LogP contribution in [0.1, 0.15) is 19.3 Å². The van der Waals surface area contributed by atoms with Crippen LogP contribution in [0.15, 0.2) is 87.5 Å². The summed E-state index contributed by atoms with van der Waals surface area (Å²) in [5.74, 6) is 0. The monoisotopic (exact) mass is 475 g/mol. The van der Waals surface area contributed by atoms with E-state index in [1.165, 1.54) is 12.1 Å². The number of nitrogens with zero attached hydrogens (tertiary/aromatic N) is 1. The van der Waals surface area contributed by atoms with E-state index >= 15 is 0 Å². The van der Waals surface area contributed by atoms with Gasteiger partial charge in [-0.1, -0.05) is 42.3 Å². The lowest BCUT2D eigenvalue weighted by atomic mass is 10.1. The van der Waals surface area contributed by atoms with Gasteiger partial charge in [-0.15, -0.1) is 0 Å². The SMILES string of the molecule is O=S(=O)(c1ccc(Cl)cc1)c1ccc(-c2ccc(S(=O)(=O)N3CCCCC3)cc2)cc1. The van der Waals surface area contributed by atoms with Gasteiger partial charge in [-0.25, -0.2) is 16.8 Å². The highest BCUT2D eigenvalue weighted by atomic mass is 35.5. The maximum atomic E-state index is 12.8. The first-order valence-electron chi connectivity index (χ1n) is 10.00. The van der Waals surface area contributed by atoms with Crippen LogP contribution in [0, 0.1) is 0 Å². The molecule has 0 N–H and O–H groups in total. The quantitative estimate of drug-likeness (QED) is 0.519. The summed E-state index contributed by atoms with van der Waals surface area (Å²) in [6, 6.07) is 19.3. The summed E-state index contributed by atoms with van der Waals surface area (Å²) in [5.41, 5.74) is 1.62. The van der Waals surface area contributed by atoms with E-state index in [9.17, 15) is 16.8 Å². The molecule has 0 aromatic heterocycles. The van der Waals surface area contributed by atoms with Gasteiger partial charge < -0.3 is 0 Å². The van der Waals surface area contributed by atoms with Gasteiger partial charge in [0.1, 0.15) is 0 Å². The van der Waals surface area contributed by atoms with Gasteiger partial charge in [0, 0.05) is 18.1 Å². The highest BCUT2D eigenvalue weighted by molar-refractivity contribution is 7.91. The van der Waals surface area contributed by atoms with Crippen LogP contribution in [0.4, 0.5) is 0 Å². The number of halogens is 1. The topological polar surface area (TPSA) is 71.5 Å². The molecular formula is C23H22ClNO4S2. The Bertz CT molecular complexity index is 1260. The number of sulfone groups is 1. The summed E-state index contributed by atoms with van der Waals surface area (Å²) in [4.78, 5) is 0.639. The van der Waals surface area contributed by atoms with Crippen molar-refractivity contribution in [2.45, 2.75) is 33.9 Å². The fourth-order valence-electron chi connectivity index (χ4n) is 3.65. The third-order valence-corrected chi connectivity index (χ3v) is 9.38. The molecule has 0 aliphatic carbocycles. The third kappa shape index (κ3) is 4.55. The van der Waals surface area contributed by atoms with Gasteiger partial charge in [-0.05, 0) is 72.5 Å². The molecule has 3 aromatic rings. The molecule has 4 rings (SSSR count). The van der Waals surface area contributed by atoms with Crippen molar-refractivity contribution in [3.8, 4) is 11.1 Å². The van der Waals surface area contributed by atoms with Gasteiger partial charge in [0.05, 0.1) is 14.7 Å². The minimum absolute atomic E-state index is 0.178. The van der Waals surface area contributed by atoms with Gasteiger partial charge in [-0.2, -0.15) is 4.31 Å². The van der Waals surface area contributed by atoms with Crippen LogP contribution in [0.3, 0.4) is 0 Å². The summed E-state index contributed by atoms with van der Waals surface area (Å²) in [6.45, 7) is 1.13. The Labute approximate surface area is 188 Å². The molecule has 0 atom stereocenters. The third-order valence-electron chi connectivity index (χ3n) is 5.43. The lowest BCUT2D eigenvalue weighted by molar-refractivity contribution is 0.346. The smallest absolute Gasteiger partial charge is 0.219 e. The maximum Gasteiger partial charge on any atom is 0.243 e. The van der Waals surface area contributed by atoms with E-state index in [0.717, 1.165) is 30.4 Å². The normalized spacial score (nSPS) is 15.6. The molecular weight excluding hydrogens is 454 g/mol. The van der Waals surface area contributed by atoms with Crippen LogP contribution in [0.25, 0.3) is 11.1 Å². The average Bonchev–Trinajstić information content (AvgIpc) is 2.80. The van der Waals surface area contributed by atoms with Crippen LogP contribution in [-0.4, -0.2) is 34.2 Å². The van der Waals surface area contributed by atoms with Gasteiger partial charge in [-0.3, -0.25) is 0 Å². The molecule has 0 amide bonds. The minimum atomic E-state index is -3.64. The molecule has 0 bridgehead atoms. The highest BCUT2D eigenvalue weighted by Crippen LogP contribution is 2.28. The number of sulfonamides is 1. The Kier molecular flexibility index (Phi) is 6.21.